The second kappa shape index (κ2) is 7.04. The predicted molar refractivity (Wildman–Crippen MR) is 95.0 cm³/mol. The minimum atomic E-state index is -0.514. The summed E-state index contributed by atoms with van der Waals surface area (Å²) >= 11 is 5.10. The number of nitrogens with two attached hydrogens (primary N) is 1. The first kappa shape index (κ1) is 16.0. The smallest absolute Gasteiger partial charge is 0.247 e. The molecule has 0 saturated heterocycles. The summed E-state index contributed by atoms with van der Waals surface area (Å²) in [5.41, 5.74) is 8.44. The van der Waals surface area contributed by atoms with Crippen LogP contribution in [0, 0.1) is 6.92 Å². The molecule has 3 N–H and O–H groups in total. The van der Waals surface area contributed by atoms with E-state index in [0.717, 1.165) is 16.9 Å². The van der Waals surface area contributed by atoms with E-state index < -0.39 is 6.04 Å². The van der Waals surface area contributed by atoms with Crippen LogP contribution < -0.4 is 16.0 Å². The van der Waals surface area contributed by atoms with Gasteiger partial charge in [-0.3, -0.25) is 4.79 Å². The van der Waals surface area contributed by atoms with Gasteiger partial charge in [0.15, 0.2) is 5.11 Å². The average Bonchev–Trinajstić information content (AvgIpc) is 2.48. The quantitative estimate of drug-likeness (QED) is 0.852. The molecule has 0 heterocycles. The fourth-order valence-corrected chi connectivity index (χ4v) is 2.48. The van der Waals surface area contributed by atoms with Crippen molar-refractivity contribution >= 4 is 34.6 Å². The number of rotatable bonds is 4. The Morgan fingerprint density at radius 3 is 2.45 bits per heavy atom. The van der Waals surface area contributed by atoms with E-state index in [1.807, 2.05) is 61.5 Å². The third kappa shape index (κ3) is 3.83. The molecule has 5 heteroatoms. The van der Waals surface area contributed by atoms with Gasteiger partial charge in [-0.25, -0.2) is 0 Å². The number of anilines is 2. The molecule has 2 aromatic rings. The first-order valence-electron chi connectivity index (χ1n) is 7.00. The molecular weight excluding hydrogens is 294 g/mol. The Morgan fingerprint density at radius 2 is 1.86 bits per heavy atom. The molecule has 0 fully saturated rings. The van der Waals surface area contributed by atoms with Crippen molar-refractivity contribution in [3.63, 3.8) is 0 Å². The van der Waals surface area contributed by atoms with Gasteiger partial charge in [0.05, 0.1) is 0 Å². The molecular formula is C17H19N3OS. The van der Waals surface area contributed by atoms with Crippen LogP contribution in [0.15, 0.2) is 54.6 Å². The fourth-order valence-electron chi connectivity index (χ4n) is 2.22. The minimum absolute atomic E-state index is 0.165. The summed E-state index contributed by atoms with van der Waals surface area (Å²) in [6.07, 6.45) is 0. The number of carbonyl (C=O) groups excluding carboxylic acids is 1. The van der Waals surface area contributed by atoms with Crippen molar-refractivity contribution in [3.05, 3.63) is 60.2 Å². The molecule has 22 heavy (non-hydrogen) atoms. The number of hydrogen-bond donors (Lipinski definition) is 2. The Bertz CT molecular complexity index is 673. The van der Waals surface area contributed by atoms with Crippen LogP contribution in [0.5, 0.6) is 0 Å². The van der Waals surface area contributed by atoms with Gasteiger partial charge in [-0.15, -0.1) is 0 Å². The molecule has 2 rings (SSSR count). The molecule has 0 unspecified atom stereocenters. The number of nitrogens with one attached hydrogen (secondary N) is 1. The maximum absolute atomic E-state index is 12.5. The Labute approximate surface area is 135 Å². The Kier molecular flexibility index (Phi) is 5.12. The van der Waals surface area contributed by atoms with E-state index in [9.17, 15) is 4.79 Å². The molecule has 1 amide bonds. The summed E-state index contributed by atoms with van der Waals surface area (Å²) in [5, 5.41) is 3.06. The highest BCUT2D eigenvalue weighted by molar-refractivity contribution is 7.80. The van der Waals surface area contributed by atoms with Crippen LogP contribution >= 0.6 is 12.2 Å². The summed E-state index contributed by atoms with van der Waals surface area (Å²) in [5.74, 6) is -0.165. The number of nitrogens with zero attached hydrogens (tertiary/aromatic N) is 1. The second-order valence-corrected chi connectivity index (χ2v) is 5.50. The SMILES string of the molecule is Cc1cccc(NC(=O)[C@H](C)N(C(N)=S)c2ccccc2)c1. The number of aryl methyl sites for hydroxylation is 1. The van der Waals surface area contributed by atoms with Crippen molar-refractivity contribution < 1.29 is 4.79 Å². The Balaban J connectivity index is 2.18. The van der Waals surface area contributed by atoms with Crippen LogP contribution in [-0.2, 0) is 4.79 Å². The maximum Gasteiger partial charge on any atom is 0.247 e. The zero-order chi connectivity index (χ0) is 16.1. The van der Waals surface area contributed by atoms with E-state index >= 15 is 0 Å². The number of hydrogen-bond acceptors (Lipinski definition) is 2. The highest BCUT2D eigenvalue weighted by Crippen LogP contribution is 2.18. The number of benzene rings is 2. The Hall–Kier alpha value is -2.40. The number of para-hydroxylation sites is 1. The Morgan fingerprint density at radius 1 is 1.18 bits per heavy atom. The molecule has 0 aliphatic rings. The lowest BCUT2D eigenvalue weighted by Gasteiger charge is -2.28. The van der Waals surface area contributed by atoms with Crippen LogP contribution in [0.4, 0.5) is 11.4 Å². The van der Waals surface area contributed by atoms with E-state index in [1.54, 1.807) is 11.8 Å². The zero-order valence-electron chi connectivity index (χ0n) is 12.6. The molecule has 0 saturated carbocycles. The summed E-state index contributed by atoms with van der Waals surface area (Å²) in [4.78, 5) is 14.1. The van der Waals surface area contributed by atoms with E-state index in [4.69, 9.17) is 18.0 Å². The first-order chi connectivity index (χ1) is 10.5. The highest BCUT2D eigenvalue weighted by atomic mass is 32.1. The van der Waals surface area contributed by atoms with Gasteiger partial charge in [0.2, 0.25) is 5.91 Å². The molecule has 2 aromatic carbocycles. The van der Waals surface area contributed by atoms with Crippen molar-refractivity contribution in [2.75, 3.05) is 10.2 Å². The second-order valence-electron chi connectivity index (χ2n) is 5.08. The third-order valence-corrected chi connectivity index (χ3v) is 3.52. The molecule has 114 valence electrons. The van der Waals surface area contributed by atoms with E-state index in [2.05, 4.69) is 5.32 Å². The summed E-state index contributed by atoms with van der Waals surface area (Å²) in [6.45, 7) is 3.75. The van der Waals surface area contributed by atoms with E-state index in [1.165, 1.54) is 0 Å². The van der Waals surface area contributed by atoms with Gasteiger partial charge in [-0.05, 0) is 55.9 Å². The predicted octanol–water partition coefficient (Wildman–Crippen LogP) is 3.07. The summed E-state index contributed by atoms with van der Waals surface area (Å²) < 4.78 is 0. The lowest BCUT2D eigenvalue weighted by Crippen LogP contribution is -2.48. The van der Waals surface area contributed by atoms with Crippen molar-refractivity contribution in [1.82, 2.24) is 0 Å². The van der Waals surface area contributed by atoms with Gasteiger partial charge in [-0.1, -0.05) is 30.3 Å². The number of carbonyl (C=O) groups is 1. The van der Waals surface area contributed by atoms with Crippen molar-refractivity contribution in [2.45, 2.75) is 19.9 Å². The largest absolute Gasteiger partial charge is 0.376 e. The van der Waals surface area contributed by atoms with Crippen LogP contribution in [0.25, 0.3) is 0 Å². The summed E-state index contributed by atoms with van der Waals surface area (Å²) in [7, 11) is 0. The van der Waals surface area contributed by atoms with Gasteiger partial charge >= 0.3 is 0 Å². The molecule has 1 atom stereocenters. The molecule has 0 aromatic heterocycles. The number of thiocarbonyl (C=S) groups is 1. The van der Waals surface area contributed by atoms with Crippen molar-refractivity contribution in [3.8, 4) is 0 Å². The van der Waals surface area contributed by atoms with Gasteiger partial charge in [0.1, 0.15) is 6.04 Å². The molecule has 0 spiro atoms. The molecule has 0 aliphatic carbocycles. The molecule has 0 bridgehead atoms. The van der Waals surface area contributed by atoms with Crippen LogP contribution in [0.3, 0.4) is 0 Å². The van der Waals surface area contributed by atoms with E-state index in [0.29, 0.717) is 0 Å². The van der Waals surface area contributed by atoms with Crippen LogP contribution in [0.2, 0.25) is 0 Å². The average molecular weight is 313 g/mol. The first-order valence-corrected chi connectivity index (χ1v) is 7.41. The van der Waals surface area contributed by atoms with Crippen LogP contribution in [-0.4, -0.2) is 17.1 Å². The van der Waals surface area contributed by atoms with E-state index in [-0.39, 0.29) is 11.0 Å². The monoisotopic (exact) mass is 313 g/mol. The molecule has 0 radical (unpaired) electrons. The molecule has 4 nitrogen and oxygen atoms in total. The standard InChI is InChI=1S/C17H19N3OS/c1-12-7-6-8-14(11-12)19-16(21)13(2)20(17(18)22)15-9-4-3-5-10-15/h3-11,13H,1-2H3,(H2,18,22)(H,19,21)/t13-/m0/s1. The highest BCUT2D eigenvalue weighted by Gasteiger charge is 2.23. The number of amides is 1. The molecule has 0 aliphatic heterocycles. The zero-order valence-corrected chi connectivity index (χ0v) is 13.4. The van der Waals surface area contributed by atoms with Crippen molar-refractivity contribution in [1.29, 1.82) is 0 Å². The van der Waals surface area contributed by atoms with Gasteiger partial charge in [0.25, 0.3) is 0 Å². The van der Waals surface area contributed by atoms with Gasteiger partial charge in [0, 0.05) is 11.4 Å². The topological polar surface area (TPSA) is 58.4 Å². The normalized spacial score (nSPS) is 11.5. The fraction of sp³-hybridized carbons (Fsp3) is 0.176. The maximum atomic E-state index is 12.5. The van der Waals surface area contributed by atoms with Gasteiger partial charge < -0.3 is 16.0 Å². The lowest BCUT2D eigenvalue weighted by molar-refractivity contribution is -0.116. The van der Waals surface area contributed by atoms with Gasteiger partial charge in [-0.2, -0.15) is 0 Å². The summed E-state index contributed by atoms with van der Waals surface area (Å²) in [6, 6.07) is 16.5. The lowest BCUT2D eigenvalue weighted by atomic mass is 10.2. The minimum Gasteiger partial charge on any atom is -0.376 e. The van der Waals surface area contributed by atoms with Crippen molar-refractivity contribution in [2.24, 2.45) is 5.73 Å². The third-order valence-electron chi connectivity index (χ3n) is 3.32. The van der Waals surface area contributed by atoms with Crippen LogP contribution in [0.1, 0.15) is 12.5 Å².